The van der Waals surface area contributed by atoms with E-state index in [9.17, 15) is 4.79 Å². The molecule has 2 aromatic heterocycles. The molecule has 1 aliphatic rings. The first-order valence-corrected chi connectivity index (χ1v) is 9.39. The number of anilines is 1. The Hall–Kier alpha value is -2.89. The molecule has 0 spiro atoms. The van der Waals surface area contributed by atoms with Gasteiger partial charge in [-0.25, -0.2) is 9.67 Å². The minimum Gasteiger partial charge on any atom is -0.490 e. The number of carbonyl (C=O) groups is 1. The van der Waals surface area contributed by atoms with Crippen molar-refractivity contribution < 1.29 is 9.53 Å². The van der Waals surface area contributed by atoms with Gasteiger partial charge in [-0.3, -0.25) is 4.79 Å². The van der Waals surface area contributed by atoms with E-state index >= 15 is 0 Å². The molecule has 4 rings (SSSR count). The molecule has 0 saturated heterocycles. The summed E-state index contributed by atoms with van der Waals surface area (Å²) in [7, 11) is 0. The van der Waals surface area contributed by atoms with E-state index in [0.29, 0.717) is 18.7 Å². The van der Waals surface area contributed by atoms with Gasteiger partial charge in [0.1, 0.15) is 12.4 Å². The van der Waals surface area contributed by atoms with Crippen molar-refractivity contribution in [3.05, 3.63) is 47.8 Å². The molecule has 0 saturated carbocycles. The molecule has 0 atom stereocenters. The van der Waals surface area contributed by atoms with Crippen LogP contribution in [-0.2, 0) is 0 Å². The predicted octanol–water partition coefficient (Wildman–Crippen LogP) is 4.17. The monoisotopic (exact) mass is 364 g/mol. The Morgan fingerprint density at radius 2 is 1.96 bits per heavy atom. The van der Waals surface area contributed by atoms with Crippen LogP contribution in [0.2, 0.25) is 0 Å². The second-order valence-corrected chi connectivity index (χ2v) is 7.44. The Morgan fingerprint density at radius 1 is 1.19 bits per heavy atom. The van der Waals surface area contributed by atoms with Crippen LogP contribution >= 0.6 is 0 Å². The number of rotatable bonds is 3. The Morgan fingerprint density at radius 3 is 2.70 bits per heavy atom. The summed E-state index contributed by atoms with van der Waals surface area (Å²) in [6, 6.07) is 9.75. The van der Waals surface area contributed by atoms with Gasteiger partial charge in [0.2, 0.25) is 0 Å². The number of nitrogens with zero attached hydrogens (tertiary/aromatic N) is 4. The first-order chi connectivity index (χ1) is 13.0. The molecule has 0 radical (unpaired) electrons. The summed E-state index contributed by atoms with van der Waals surface area (Å²) in [6.07, 6.45) is 1.76. The SMILES string of the molecule is CC(C)c1cc(C(=O)N2CCOc3ccccc32)c2cnn(C(C)C)c2n1. The number of amides is 1. The maximum Gasteiger partial charge on any atom is 0.259 e. The van der Waals surface area contributed by atoms with E-state index in [-0.39, 0.29) is 17.9 Å². The average Bonchev–Trinajstić information content (AvgIpc) is 3.10. The number of benzene rings is 1. The van der Waals surface area contributed by atoms with Crippen LogP contribution in [-0.4, -0.2) is 33.8 Å². The number of para-hydroxylation sites is 2. The minimum absolute atomic E-state index is 0.0386. The van der Waals surface area contributed by atoms with E-state index in [2.05, 4.69) is 32.8 Å². The van der Waals surface area contributed by atoms with Crippen LogP contribution in [0.5, 0.6) is 5.75 Å². The topological polar surface area (TPSA) is 60.3 Å². The molecule has 1 amide bonds. The number of hydrogen-bond donors (Lipinski definition) is 0. The maximum absolute atomic E-state index is 13.5. The Bertz CT molecular complexity index is 1010. The molecule has 3 heterocycles. The van der Waals surface area contributed by atoms with Crippen LogP contribution < -0.4 is 9.64 Å². The fourth-order valence-electron chi connectivity index (χ4n) is 3.41. The van der Waals surface area contributed by atoms with Crippen molar-refractivity contribution in [2.24, 2.45) is 0 Å². The third kappa shape index (κ3) is 2.95. The first kappa shape index (κ1) is 17.5. The summed E-state index contributed by atoms with van der Waals surface area (Å²) in [5.41, 5.74) is 3.12. The molecule has 3 aromatic rings. The van der Waals surface area contributed by atoms with E-state index in [1.165, 1.54) is 0 Å². The van der Waals surface area contributed by atoms with E-state index in [0.717, 1.165) is 28.2 Å². The van der Waals surface area contributed by atoms with E-state index in [1.54, 1.807) is 11.1 Å². The highest BCUT2D eigenvalue weighted by atomic mass is 16.5. The smallest absolute Gasteiger partial charge is 0.259 e. The normalized spacial score (nSPS) is 13.9. The Balaban J connectivity index is 1.87. The summed E-state index contributed by atoms with van der Waals surface area (Å²) in [5, 5.41) is 5.28. The number of ether oxygens (including phenoxy) is 1. The molecular formula is C21H24N4O2. The second-order valence-electron chi connectivity index (χ2n) is 7.44. The first-order valence-electron chi connectivity index (χ1n) is 9.39. The summed E-state index contributed by atoms with van der Waals surface area (Å²) in [4.78, 5) is 20.1. The number of fused-ring (bicyclic) bond motifs is 2. The molecule has 0 fully saturated rings. The lowest BCUT2D eigenvalue weighted by Crippen LogP contribution is -2.38. The molecule has 6 nitrogen and oxygen atoms in total. The van der Waals surface area contributed by atoms with E-state index in [1.807, 2.05) is 35.0 Å². The van der Waals surface area contributed by atoms with Crippen molar-refractivity contribution in [3.8, 4) is 5.75 Å². The molecule has 0 aliphatic carbocycles. The third-order valence-electron chi connectivity index (χ3n) is 4.87. The van der Waals surface area contributed by atoms with E-state index in [4.69, 9.17) is 9.72 Å². The van der Waals surface area contributed by atoms with Crippen molar-refractivity contribution in [1.29, 1.82) is 0 Å². The largest absolute Gasteiger partial charge is 0.490 e. The summed E-state index contributed by atoms with van der Waals surface area (Å²) < 4.78 is 7.58. The second kappa shape index (κ2) is 6.68. The van der Waals surface area contributed by atoms with Crippen LogP contribution in [0, 0.1) is 0 Å². The quantitative estimate of drug-likeness (QED) is 0.700. The fourth-order valence-corrected chi connectivity index (χ4v) is 3.41. The summed E-state index contributed by atoms with van der Waals surface area (Å²) >= 11 is 0. The van der Waals surface area contributed by atoms with Gasteiger partial charge < -0.3 is 9.64 Å². The molecule has 0 bridgehead atoms. The van der Waals surface area contributed by atoms with Gasteiger partial charge in [0.05, 0.1) is 29.4 Å². The van der Waals surface area contributed by atoms with Crippen molar-refractivity contribution in [1.82, 2.24) is 14.8 Å². The number of carbonyl (C=O) groups excluding carboxylic acids is 1. The lowest BCUT2D eigenvalue weighted by Gasteiger charge is -2.29. The number of hydrogen-bond acceptors (Lipinski definition) is 4. The number of aromatic nitrogens is 3. The van der Waals surface area contributed by atoms with Crippen molar-refractivity contribution in [2.75, 3.05) is 18.1 Å². The van der Waals surface area contributed by atoms with Crippen LogP contribution in [0.15, 0.2) is 36.5 Å². The van der Waals surface area contributed by atoms with Crippen LogP contribution in [0.1, 0.15) is 55.7 Å². The highest BCUT2D eigenvalue weighted by molar-refractivity contribution is 6.13. The maximum atomic E-state index is 13.5. The zero-order valence-corrected chi connectivity index (χ0v) is 16.1. The van der Waals surface area contributed by atoms with Gasteiger partial charge in [0.25, 0.3) is 5.91 Å². The van der Waals surface area contributed by atoms with E-state index < -0.39 is 0 Å². The van der Waals surface area contributed by atoms with Gasteiger partial charge in [0.15, 0.2) is 5.65 Å². The van der Waals surface area contributed by atoms with Gasteiger partial charge in [-0.05, 0) is 38.0 Å². The zero-order valence-electron chi connectivity index (χ0n) is 16.1. The predicted molar refractivity (Wildman–Crippen MR) is 106 cm³/mol. The number of pyridine rings is 1. The standard InChI is InChI=1S/C21H24N4O2/c1-13(2)17-11-15(16-12-22-25(14(3)4)20(16)23-17)21(26)24-9-10-27-19-8-6-5-7-18(19)24/h5-8,11-14H,9-10H2,1-4H3. The van der Waals surface area contributed by atoms with Gasteiger partial charge in [-0.1, -0.05) is 26.0 Å². The summed E-state index contributed by atoms with van der Waals surface area (Å²) in [6.45, 7) is 9.31. The average molecular weight is 364 g/mol. The van der Waals surface area contributed by atoms with Gasteiger partial charge in [-0.15, -0.1) is 0 Å². The van der Waals surface area contributed by atoms with Crippen molar-refractivity contribution in [2.45, 2.75) is 39.7 Å². The van der Waals surface area contributed by atoms with Crippen LogP contribution in [0.3, 0.4) is 0 Å². The molecule has 27 heavy (non-hydrogen) atoms. The van der Waals surface area contributed by atoms with Crippen LogP contribution in [0.25, 0.3) is 11.0 Å². The molecule has 0 unspecified atom stereocenters. The lowest BCUT2D eigenvalue weighted by atomic mass is 10.0. The molecule has 140 valence electrons. The molecule has 0 N–H and O–H groups in total. The highest BCUT2D eigenvalue weighted by Gasteiger charge is 2.27. The minimum atomic E-state index is -0.0386. The molecular weight excluding hydrogens is 340 g/mol. The van der Waals surface area contributed by atoms with Gasteiger partial charge >= 0.3 is 0 Å². The Labute approximate surface area is 158 Å². The Kier molecular flexibility index (Phi) is 4.34. The fraction of sp³-hybridized carbons (Fsp3) is 0.381. The highest BCUT2D eigenvalue weighted by Crippen LogP contribution is 2.33. The summed E-state index contributed by atoms with van der Waals surface area (Å²) in [5.74, 6) is 0.918. The molecule has 1 aromatic carbocycles. The van der Waals surface area contributed by atoms with Crippen LogP contribution in [0.4, 0.5) is 5.69 Å². The third-order valence-corrected chi connectivity index (χ3v) is 4.87. The molecule has 6 heteroatoms. The van der Waals surface area contributed by atoms with Crippen molar-refractivity contribution >= 4 is 22.6 Å². The van der Waals surface area contributed by atoms with Gasteiger partial charge in [-0.2, -0.15) is 5.10 Å². The lowest BCUT2D eigenvalue weighted by molar-refractivity contribution is 0.0978. The van der Waals surface area contributed by atoms with Crippen molar-refractivity contribution in [3.63, 3.8) is 0 Å². The zero-order chi connectivity index (χ0) is 19.1. The van der Waals surface area contributed by atoms with Gasteiger partial charge in [0, 0.05) is 11.7 Å². The molecule has 1 aliphatic heterocycles.